The number of carbonyl (C=O) groups is 2. The molecule has 5 nitrogen and oxygen atoms in total. The Labute approximate surface area is 132 Å². The summed E-state index contributed by atoms with van der Waals surface area (Å²) in [4.78, 5) is 25.6. The van der Waals surface area contributed by atoms with Gasteiger partial charge in [-0.15, -0.1) is 0 Å². The molecule has 7 heteroatoms. The van der Waals surface area contributed by atoms with E-state index in [4.69, 9.17) is 28.5 Å². The number of halogens is 2. The molecular weight excluding hydrogens is 313 g/mol. The van der Waals surface area contributed by atoms with E-state index in [0.717, 1.165) is 4.90 Å². The van der Waals surface area contributed by atoms with E-state index in [2.05, 4.69) is 5.32 Å². The molecule has 1 unspecified atom stereocenters. The Morgan fingerprint density at radius 1 is 1.33 bits per heavy atom. The molecule has 1 aliphatic heterocycles. The molecule has 0 saturated carbocycles. The molecule has 0 aliphatic carbocycles. The number of nitrogens with zero attached hydrogens (tertiary/aromatic N) is 2. The first kappa shape index (κ1) is 15.6. The standard InChI is InChI=1S/C14H13Cl2N3O2/c1-14(9-4-5-10(15)11(16)8-9)12(20)19(13(21)18-14)7-3-2-6-17/h4-5,8H,2-3,7H2,1H3,(H,18,21). The lowest BCUT2D eigenvalue weighted by Crippen LogP contribution is -2.41. The molecule has 1 fully saturated rings. The van der Waals surface area contributed by atoms with E-state index >= 15 is 0 Å². The second-order valence-electron chi connectivity index (χ2n) is 4.90. The van der Waals surface area contributed by atoms with Gasteiger partial charge < -0.3 is 5.32 Å². The lowest BCUT2D eigenvalue weighted by atomic mass is 9.92. The zero-order valence-electron chi connectivity index (χ0n) is 11.3. The predicted molar refractivity (Wildman–Crippen MR) is 78.9 cm³/mol. The average Bonchev–Trinajstić information content (AvgIpc) is 2.66. The Morgan fingerprint density at radius 2 is 2.05 bits per heavy atom. The second-order valence-corrected chi connectivity index (χ2v) is 5.72. The second kappa shape index (κ2) is 5.92. The SMILES string of the molecule is CC1(c2ccc(Cl)c(Cl)c2)NC(=O)N(CCCC#N)C1=O. The highest BCUT2D eigenvalue weighted by molar-refractivity contribution is 6.42. The largest absolute Gasteiger partial charge is 0.325 e. The maximum atomic E-state index is 12.5. The third-order valence-corrected chi connectivity index (χ3v) is 4.18. The Hall–Kier alpha value is -1.77. The topological polar surface area (TPSA) is 73.2 Å². The molecule has 0 spiro atoms. The van der Waals surface area contributed by atoms with Gasteiger partial charge >= 0.3 is 6.03 Å². The molecule has 1 saturated heterocycles. The van der Waals surface area contributed by atoms with Crippen molar-refractivity contribution in [1.82, 2.24) is 10.2 Å². The molecule has 0 radical (unpaired) electrons. The first-order chi connectivity index (χ1) is 9.90. The van der Waals surface area contributed by atoms with Crippen molar-refractivity contribution in [2.45, 2.75) is 25.3 Å². The van der Waals surface area contributed by atoms with Gasteiger partial charge in [0.05, 0.1) is 16.1 Å². The number of unbranched alkanes of at least 4 members (excludes halogenated alkanes) is 1. The number of benzene rings is 1. The fourth-order valence-electron chi connectivity index (χ4n) is 2.22. The maximum Gasteiger partial charge on any atom is 0.325 e. The van der Waals surface area contributed by atoms with Crippen LogP contribution < -0.4 is 5.32 Å². The van der Waals surface area contributed by atoms with Crippen molar-refractivity contribution >= 4 is 35.1 Å². The lowest BCUT2D eigenvalue weighted by molar-refractivity contribution is -0.131. The summed E-state index contributed by atoms with van der Waals surface area (Å²) in [6.07, 6.45) is 0.744. The van der Waals surface area contributed by atoms with Gasteiger partial charge in [0.15, 0.2) is 0 Å². The molecule has 0 bridgehead atoms. The summed E-state index contributed by atoms with van der Waals surface area (Å²) in [6.45, 7) is 1.84. The van der Waals surface area contributed by atoms with Crippen molar-refractivity contribution in [2.75, 3.05) is 6.54 Å². The van der Waals surface area contributed by atoms with Crippen LogP contribution in [0.3, 0.4) is 0 Å². The van der Waals surface area contributed by atoms with E-state index in [1.165, 1.54) is 0 Å². The number of nitriles is 1. The number of hydrogen-bond acceptors (Lipinski definition) is 3. The molecule has 1 aromatic carbocycles. The van der Waals surface area contributed by atoms with E-state index in [-0.39, 0.29) is 12.5 Å². The highest BCUT2D eigenvalue weighted by Crippen LogP contribution is 2.33. The molecule has 21 heavy (non-hydrogen) atoms. The van der Waals surface area contributed by atoms with Crippen molar-refractivity contribution in [2.24, 2.45) is 0 Å². The van der Waals surface area contributed by atoms with Crippen LogP contribution in [0.5, 0.6) is 0 Å². The highest BCUT2D eigenvalue weighted by atomic mass is 35.5. The fourth-order valence-corrected chi connectivity index (χ4v) is 2.52. The third-order valence-electron chi connectivity index (χ3n) is 3.44. The van der Waals surface area contributed by atoms with Crippen LogP contribution in [0.4, 0.5) is 4.79 Å². The summed E-state index contributed by atoms with van der Waals surface area (Å²) in [7, 11) is 0. The molecule has 1 N–H and O–H groups in total. The monoisotopic (exact) mass is 325 g/mol. The van der Waals surface area contributed by atoms with E-state index in [9.17, 15) is 9.59 Å². The maximum absolute atomic E-state index is 12.5. The van der Waals surface area contributed by atoms with Crippen LogP contribution in [0.25, 0.3) is 0 Å². The Bertz CT molecular complexity index is 642. The minimum atomic E-state index is -1.17. The summed E-state index contributed by atoms with van der Waals surface area (Å²) in [5, 5.41) is 11.9. The molecule has 2 rings (SSSR count). The Balaban J connectivity index is 2.27. The third kappa shape index (κ3) is 2.82. The summed E-state index contributed by atoms with van der Waals surface area (Å²) in [5.41, 5.74) is -0.601. The predicted octanol–water partition coefficient (Wildman–Crippen LogP) is 3.06. The zero-order valence-corrected chi connectivity index (χ0v) is 12.8. The van der Waals surface area contributed by atoms with Crippen molar-refractivity contribution in [3.63, 3.8) is 0 Å². The summed E-state index contributed by atoms with van der Waals surface area (Å²) >= 11 is 11.8. The lowest BCUT2D eigenvalue weighted by Gasteiger charge is -2.22. The van der Waals surface area contributed by atoms with Crippen LogP contribution in [0.2, 0.25) is 10.0 Å². The first-order valence-electron chi connectivity index (χ1n) is 6.36. The van der Waals surface area contributed by atoms with Gasteiger partial charge in [-0.25, -0.2) is 4.79 Å². The van der Waals surface area contributed by atoms with Crippen molar-refractivity contribution in [3.05, 3.63) is 33.8 Å². The Kier molecular flexibility index (Phi) is 4.40. The molecule has 1 aliphatic rings. The molecule has 0 aromatic heterocycles. The molecule has 1 heterocycles. The zero-order chi connectivity index (χ0) is 15.6. The summed E-state index contributed by atoms with van der Waals surface area (Å²) in [5.74, 6) is -0.358. The van der Waals surface area contributed by atoms with Crippen molar-refractivity contribution < 1.29 is 9.59 Å². The van der Waals surface area contributed by atoms with Gasteiger partial charge in [-0.3, -0.25) is 9.69 Å². The number of carbonyl (C=O) groups excluding carboxylic acids is 2. The Morgan fingerprint density at radius 3 is 2.67 bits per heavy atom. The van der Waals surface area contributed by atoms with Gasteiger partial charge in [-0.05, 0) is 31.0 Å². The van der Waals surface area contributed by atoms with Crippen LogP contribution >= 0.6 is 23.2 Å². The van der Waals surface area contributed by atoms with Gasteiger partial charge in [-0.1, -0.05) is 29.3 Å². The van der Waals surface area contributed by atoms with Crippen LogP contribution in [0, 0.1) is 11.3 Å². The van der Waals surface area contributed by atoms with Crippen LogP contribution in [-0.4, -0.2) is 23.4 Å². The van der Waals surface area contributed by atoms with E-state index in [1.54, 1.807) is 25.1 Å². The van der Waals surface area contributed by atoms with Gasteiger partial charge in [-0.2, -0.15) is 5.26 Å². The number of rotatable bonds is 4. The molecular formula is C14H13Cl2N3O2. The molecule has 110 valence electrons. The van der Waals surface area contributed by atoms with Gasteiger partial charge in [0.2, 0.25) is 0 Å². The molecule has 3 amide bonds. The average molecular weight is 326 g/mol. The molecule has 1 atom stereocenters. The number of urea groups is 1. The van der Waals surface area contributed by atoms with Gasteiger partial charge in [0.1, 0.15) is 5.54 Å². The van der Waals surface area contributed by atoms with Crippen LogP contribution in [0.1, 0.15) is 25.3 Å². The number of nitrogens with one attached hydrogen (secondary N) is 1. The fraction of sp³-hybridized carbons (Fsp3) is 0.357. The minimum Gasteiger partial charge on any atom is -0.319 e. The normalized spacial score (nSPS) is 21.3. The van der Waals surface area contributed by atoms with Crippen LogP contribution in [0.15, 0.2) is 18.2 Å². The van der Waals surface area contributed by atoms with E-state index in [1.807, 2.05) is 6.07 Å². The van der Waals surface area contributed by atoms with E-state index < -0.39 is 11.6 Å². The number of amides is 3. The van der Waals surface area contributed by atoms with Crippen LogP contribution in [-0.2, 0) is 10.3 Å². The number of imide groups is 1. The molecule has 1 aromatic rings. The summed E-state index contributed by atoms with van der Waals surface area (Å²) < 4.78 is 0. The quantitative estimate of drug-likeness (QED) is 0.683. The first-order valence-corrected chi connectivity index (χ1v) is 7.12. The van der Waals surface area contributed by atoms with Gasteiger partial charge in [0, 0.05) is 13.0 Å². The van der Waals surface area contributed by atoms with E-state index in [0.29, 0.717) is 28.5 Å². The summed E-state index contributed by atoms with van der Waals surface area (Å²) in [6, 6.07) is 6.33. The highest BCUT2D eigenvalue weighted by Gasteiger charge is 2.48. The van der Waals surface area contributed by atoms with Crippen molar-refractivity contribution in [1.29, 1.82) is 5.26 Å². The smallest absolute Gasteiger partial charge is 0.319 e. The van der Waals surface area contributed by atoms with Gasteiger partial charge in [0.25, 0.3) is 5.91 Å². The van der Waals surface area contributed by atoms with Crippen molar-refractivity contribution in [3.8, 4) is 6.07 Å². The number of hydrogen-bond donors (Lipinski definition) is 1. The minimum absolute atomic E-state index is 0.217.